The Morgan fingerprint density at radius 3 is 2.92 bits per heavy atom. The molecule has 0 saturated carbocycles. The van der Waals surface area contributed by atoms with Gasteiger partial charge in [-0.2, -0.15) is 4.98 Å². The maximum absolute atomic E-state index is 12.3. The van der Waals surface area contributed by atoms with Crippen molar-refractivity contribution < 1.29 is 14.9 Å². The summed E-state index contributed by atoms with van der Waals surface area (Å²) in [6, 6.07) is 0. The van der Waals surface area contributed by atoms with Gasteiger partial charge in [0.1, 0.15) is 17.0 Å². The smallest absolute Gasteiger partial charge is 0.311 e. The maximum atomic E-state index is 12.3. The van der Waals surface area contributed by atoms with E-state index in [1.54, 1.807) is 19.0 Å². The monoisotopic (exact) mass is 355 g/mol. The molecule has 0 aromatic carbocycles. The second-order valence-electron chi connectivity index (χ2n) is 5.60. The molecular weight excluding hydrogens is 338 g/mol. The zero-order valence-electron chi connectivity index (χ0n) is 13.0. The van der Waals surface area contributed by atoms with E-state index in [-0.39, 0.29) is 29.3 Å². The topological polar surface area (TPSA) is 133 Å². The number of aromatic amines is 1. The van der Waals surface area contributed by atoms with Gasteiger partial charge < -0.3 is 19.8 Å². The Balaban J connectivity index is 2.10. The second kappa shape index (κ2) is 6.43. The number of aliphatic imine (C=N–C) groups is 1. The molecule has 2 aromatic rings. The summed E-state index contributed by atoms with van der Waals surface area (Å²) in [7, 11) is 3.53. The third-order valence-corrected chi connectivity index (χ3v) is 4.49. The lowest BCUT2D eigenvalue weighted by Crippen LogP contribution is -2.25. The third-order valence-electron chi connectivity index (χ3n) is 3.54. The zero-order chi connectivity index (χ0) is 17.4. The molecule has 0 radical (unpaired) electrons. The van der Waals surface area contributed by atoms with Crippen molar-refractivity contribution in [2.45, 2.75) is 24.9 Å². The number of hydrogen-bond acceptors (Lipinski definition) is 8. The highest BCUT2D eigenvalue weighted by molar-refractivity contribution is 7.16. The fourth-order valence-corrected chi connectivity index (χ4v) is 3.30. The van der Waals surface area contributed by atoms with E-state index in [1.165, 1.54) is 10.9 Å². The Morgan fingerprint density at radius 1 is 1.54 bits per heavy atom. The first kappa shape index (κ1) is 16.8. The lowest BCUT2D eigenvalue weighted by atomic mass is 10.2. The highest BCUT2D eigenvalue weighted by atomic mass is 32.1. The molecule has 3 N–H and O–H groups in total. The predicted octanol–water partition coefficient (Wildman–Crippen LogP) is -0.992. The summed E-state index contributed by atoms with van der Waals surface area (Å²) >= 11 is 0.750. The average molecular weight is 355 g/mol. The Bertz CT molecular complexity index is 885. The van der Waals surface area contributed by atoms with E-state index in [9.17, 15) is 19.8 Å². The number of thiazole rings is 1. The van der Waals surface area contributed by atoms with Crippen LogP contribution in [0.3, 0.4) is 0 Å². The standard InChI is InChI=1S/C13H17N5O5S/c1-17(2)5-14-12-15-10-9(11(21)16-12)24-13(22)18(10)8-3-6(20)7(4-19)23-8/h5-8,19-20H,3-4H2,1-2H3,(H,15,16,21)/b14-5+/t6-,7+,8+/m0/s1. The molecule has 10 nitrogen and oxygen atoms in total. The minimum atomic E-state index is -0.893. The van der Waals surface area contributed by atoms with Crippen molar-refractivity contribution in [3.8, 4) is 0 Å². The van der Waals surface area contributed by atoms with Crippen molar-refractivity contribution in [1.82, 2.24) is 19.4 Å². The average Bonchev–Trinajstić information content (AvgIpc) is 3.04. The van der Waals surface area contributed by atoms with E-state index >= 15 is 0 Å². The van der Waals surface area contributed by atoms with Crippen LogP contribution in [0.5, 0.6) is 0 Å². The molecule has 1 fully saturated rings. The fraction of sp³-hybridized carbons (Fsp3) is 0.538. The lowest BCUT2D eigenvalue weighted by molar-refractivity contribution is -0.0437. The van der Waals surface area contributed by atoms with Gasteiger partial charge in [-0.05, 0) is 0 Å². The van der Waals surface area contributed by atoms with Gasteiger partial charge in [-0.25, -0.2) is 4.99 Å². The van der Waals surface area contributed by atoms with Gasteiger partial charge in [0.15, 0.2) is 5.65 Å². The number of aromatic nitrogens is 3. The van der Waals surface area contributed by atoms with Crippen molar-refractivity contribution in [3.63, 3.8) is 0 Å². The van der Waals surface area contributed by atoms with E-state index < -0.39 is 28.9 Å². The van der Waals surface area contributed by atoms with Crippen LogP contribution in [0.4, 0.5) is 5.95 Å². The minimum absolute atomic E-state index is 0.0602. The Labute approximate surface area is 139 Å². The quantitative estimate of drug-likeness (QED) is 0.473. The second-order valence-corrected chi connectivity index (χ2v) is 6.56. The molecule has 3 rings (SSSR count). The molecular formula is C13H17N5O5S. The molecule has 0 unspecified atom stereocenters. The van der Waals surface area contributed by atoms with Crippen molar-refractivity contribution in [2.24, 2.45) is 4.99 Å². The molecule has 3 atom stereocenters. The summed E-state index contributed by atoms with van der Waals surface area (Å²) in [4.78, 5) is 36.4. The number of H-pyrrole nitrogens is 1. The Kier molecular flexibility index (Phi) is 4.49. The molecule has 1 aliphatic rings. The first-order valence-corrected chi connectivity index (χ1v) is 8.02. The first-order chi connectivity index (χ1) is 11.4. The van der Waals surface area contributed by atoms with Crippen molar-refractivity contribution >= 4 is 34.0 Å². The normalized spacial score (nSPS) is 24.2. The van der Waals surface area contributed by atoms with E-state index in [4.69, 9.17) is 4.74 Å². The van der Waals surface area contributed by atoms with Gasteiger partial charge in [0.05, 0.1) is 19.0 Å². The molecule has 0 aliphatic carbocycles. The van der Waals surface area contributed by atoms with Gasteiger partial charge in [-0.3, -0.25) is 19.1 Å². The highest BCUT2D eigenvalue weighted by Gasteiger charge is 2.36. The molecule has 24 heavy (non-hydrogen) atoms. The van der Waals surface area contributed by atoms with Crippen LogP contribution in [0.25, 0.3) is 10.3 Å². The largest absolute Gasteiger partial charge is 0.394 e. The van der Waals surface area contributed by atoms with Crippen LogP contribution in [-0.2, 0) is 4.74 Å². The fourth-order valence-electron chi connectivity index (χ4n) is 2.44. The maximum Gasteiger partial charge on any atom is 0.311 e. The minimum Gasteiger partial charge on any atom is -0.394 e. The van der Waals surface area contributed by atoms with Crippen LogP contribution in [0.1, 0.15) is 12.6 Å². The van der Waals surface area contributed by atoms with Crippen molar-refractivity contribution in [3.05, 3.63) is 20.0 Å². The van der Waals surface area contributed by atoms with Gasteiger partial charge in [-0.15, -0.1) is 0 Å². The lowest BCUT2D eigenvalue weighted by Gasteiger charge is -2.13. The molecule has 2 aromatic heterocycles. The van der Waals surface area contributed by atoms with Gasteiger partial charge in [0, 0.05) is 20.5 Å². The summed E-state index contributed by atoms with van der Waals surface area (Å²) < 4.78 is 6.89. The molecule has 11 heteroatoms. The molecule has 130 valence electrons. The van der Waals surface area contributed by atoms with Crippen LogP contribution in [0.15, 0.2) is 14.6 Å². The van der Waals surface area contributed by atoms with E-state index in [1.807, 2.05) is 0 Å². The van der Waals surface area contributed by atoms with E-state index in [0.29, 0.717) is 0 Å². The molecule has 1 saturated heterocycles. The summed E-state index contributed by atoms with van der Waals surface area (Å²) in [5.41, 5.74) is -0.320. The van der Waals surface area contributed by atoms with Crippen LogP contribution in [-0.4, -0.2) is 68.9 Å². The SMILES string of the molecule is CN(C)/C=N/c1nc2c(sc(=O)n2[C@H]2C[C@H](O)[C@@H](CO)O2)c(=O)[nH]1. The first-order valence-electron chi connectivity index (χ1n) is 7.21. The summed E-state index contributed by atoms with van der Waals surface area (Å²) in [5.74, 6) is 0.0602. The third kappa shape index (κ3) is 2.98. The molecule has 0 spiro atoms. The number of nitrogens with zero attached hydrogens (tertiary/aromatic N) is 4. The van der Waals surface area contributed by atoms with Crippen LogP contribution >= 0.6 is 11.3 Å². The molecule has 3 heterocycles. The summed E-state index contributed by atoms with van der Waals surface area (Å²) in [6.45, 7) is -0.360. The zero-order valence-corrected chi connectivity index (χ0v) is 13.9. The van der Waals surface area contributed by atoms with E-state index in [2.05, 4.69) is 15.0 Å². The highest BCUT2D eigenvalue weighted by Crippen LogP contribution is 2.30. The number of aliphatic hydroxyl groups is 2. The van der Waals surface area contributed by atoms with Crippen molar-refractivity contribution in [1.29, 1.82) is 0 Å². The van der Waals surface area contributed by atoms with Crippen LogP contribution in [0, 0.1) is 0 Å². The predicted molar refractivity (Wildman–Crippen MR) is 88.0 cm³/mol. The summed E-state index contributed by atoms with van der Waals surface area (Å²) in [5, 5.41) is 19.0. The van der Waals surface area contributed by atoms with Crippen LogP contribution < -0.4 is 10.4 Å². The molecule has 1 aliphatic heterocycles. The number of rotatable bonds is 4. The van der Waals surface area contributed by atoms with Gasteiger partial charge in [0.2, 0.25) is 5.95 Å². The number of fused-ring (bicyclic) bond motifs is 1. The summed E-state index contributed by atoms with van der Waals surface area (Å²) in [6.07, 6.45) is -0.864. The molecule has 0 bridgehead atoms. The van der Waals surface area contributed by atoms with Crippen LogP contribution in [0.2, 0.25) is 0 Å². The van der Waals surface area contributed by atoms with E-state index in [0.717, 1.165) is 11.3 Å². The number of hydrogen-bond donors (Lipinski definition) is 3. The van der Waals surface area contributed by atoms with Crippen molar-refractivity contribution in [2.75, 3.05) is 20.7 Å². The van der Waals surface area contributed by atoms with Gasteiger partial charge in [0.25, 0.3) is 5.56 Å². The Morgan fingerprint density at radius 2 is 2.29 bits per heavy atom. The van der Waals surface area contributed by atoms with Gasteiger partial charge in [-0.1, -0.05) is 11.3 Å². The number of aliphatic hydroxyl groups excluding tert-OH is 2. The van der Waals surface area contributed by atoms with Gasteiger partial charge >= 0.3 is 4.87 Å². The Hall–Kier alpha value is -2.08. The molecule has 0 amide bonds. The number of ether oxygens (including phenoxy) is 1. The number of nitrogens with one attached hydrogen (secondary N) is 1.